The first-order chi connectivity index (χ1) is 14.3. The highest BCUT2D eigenvalue weighted by Crippen LogP contribution is 2.40. The normalized spacial score (nSPS) is 14.5. The van der Waals surface area contributed by atoms with Gasteiger partial charge in [-0.15, -0.1) is 0 Å². The van der Waals surface area contributed by atoms with Gasteiger partial charge in [-0.2, -0.15) is 0 Å². The van der Waals surface area contributed by atoms with Crippen molar-refractivity contribution in [2.75, 3.05) is 6.61 Å². The molecule has 30 heavy (non-hydrogen) atoms. The average Bonchev–Trinajstić information content (AvgIpc) is 2.71. The zero-order valence-electron chi connectivity index (χ0n) is 16.8. The van der Waals surface area contributed by atoms with Gasteiger partial charge in [0.15, 0.2) is 18.2 Å². The molecular formula is C25H22O5. The molecule has 0 atom stereocenters. The first-order valence-electron chi connectivity index (χ1n) is 9.73. The maximum Gasteiger partial charge on any atom is 0.200 e. The highest BCUT2D eigenvalue weighted by molar-refractivity contribution is 6.03. The quantitative estimate of drug-likeness (QED) is 0.604. The average molecular weight is 402 g/mol. The Kier molecular flexibility index (Phi) is 5.04. The fourth-order valence-electron chi connectivity index (χ4n) is 3.54. The first kappa shape index (κ1) is 19.7. The van der Waals surface area contributed by atoms with E-state index in [0.717, 1.165) is 11.1 Å². The Morgan fingerprint density at radius 2 is 1.70 bits per heavy atom. The van der Waals surface area contributed by atoms with E-state index in [9.17, 15) is 14.7 Å². The van der Waals surface area contributed by atoms with Crippen molar-refractivity contribution >= 4 is 11.6 Å². The van der Waals surface area contributed by atoms with E-state index in [0.29, 0.717) is 5.56 Å². The molecule has 152 valence electrons. The Bertz CT molecular complexity index is 1100. The molecule has 3 aromatic rings. The van der Waals surface area contributed by atoms with Crippen LogP contribution in [0.3, 0.4) is 0 Å². The van der Waals surface area contributed by atoms with Crippen LogP contribution in [0, 0.1) is 0 Å². The zero-order chi connectivity index (χ0) is 21.3. The standard InChI is InChI=1S/C25H22O5/c1-25(2)14-21(27)24-20(26)12-19(13-23(24)30-25)29-15-22(28)18-10-8-17(9-11-18)16-6-4-3-5-7-16/h3-13,26H,14-15H2,1-2H3. The summed E-state index contributed by atoms with van der Waals surface area (Å²) in [5, 5.41) is 10.2. The van der Waals surface area contributed by atoms with E-state index in [4.69, 9.17) is 9.47 Å². The minimum Gasteiger partial charge on any atom is -0.507 e. The van der Waals surface area contributed by atoms with Crippen molar-refractivity contribution in [2.45, 2.75) is 25.9 Å². The lowest BCUT2D eigenvalue weighted by Gasteiger charge is -2.32. The van der Waals surface area contributed by atoms with E-state index < -0.39 is 5.60 Å². The monoisotopic (exact) mass is 402 g/mol. The lowest BCUT2D eigenvalue weighted by Crippen LogP contribution is -2.35. The lowest BCUT2D eigenvalue weighted by molar-refractivity contribution is 0.0611. The number of benzene rings is 3. The molecule has 0 aliphatic carbocycles. The van der Waals surface area contributed by atoms with Crippen LogP contribution in [0.15, 0.2) is 66.7 Å². The Labute approximate surface area is 174 Å². The van der Waals surface area contributed by atoms with Crippen LogP contribution in [0.1, 0.15) is 41.0 Å². The summed E-state index contributed by atoms with van der Waals surface area (Å²) in [5.41, 5.74) is 2.13. The number of ketones is 2. The number of ether oxygens (including phenoxy) is 2. The number of aromatic hydroxyl groups is 1. The molecule has 1 aliphatic rings. The molecule has 3 aromatic carbocycles. The summed E-state index contributed by atoms with van der Waals surface area (Å²) >= 11 is 0. The second-order valence-corrected chi connectivity index (χ2v) is 7.93. The summed E-state index contributed by atoms with van der Waals surface area (Å²) in [5.74, 6) is -0.0383. The van der Waals surface area contributed by atoms with Crippen molar-refractivity contribution in [1.82, 2.24) is 0 Å². The van der Waals surface area contributed by atoms with Gasteiger partial charge >= 0.3 is 0 Å². The van der Waals surface area contributed by atoms with Crippen LogP contribution in [0.5, 0.6) is 17.2 Å². The molecule has 1 heterocycles. The highest BCUT2D eigenvalue weighted by Gasteiger charge is 2.35. The number of Topliss-reactive ketones (excluding diaryl/α,β-unsaturated/α-hetero) is 2. The maximum absolute atomic E-state index is 12.5. The molecule has 0 spiro atoms. The first-order valence-corrected chi connectivity index (χ1v) is 9.73. The molecule has 0 fully saturated rings. The third-order valence-corrected chi connectivity index (χ3v) is 4.99. The van der Waals surface area contributed by atoms with Crippen molar-refractivity contribution in [3.8, 4) is 28.4 Å². The van der Waals surface area contributed by atoms with Crippen LogP contribution in [0.4, 0.5) is 0 Å². The van der Waals surface area contributed by atoms with E-state index in [2.05, 4.69) is 0 Å². The Morgan fingerprint density at radius 1 is 1.03 bits per heavy atom. The number of hydrogen-bond acceptors (Lipinski definition) is 5. The third kappa shape index (κ3) is 4.06. The van der Waals surface area contributed by atoms with Crippen LogP contribution in [-0.4, -0.2) is 28.9 Å². The molecule has 0 bridgehead atoms. The van der Waals surface area contributed by atoms with Crippen LogP contribution < -0.4 is 9.47 Å². The Hall–Kier alpha value is -3.60. The number of hydrogen-bond donors (Lipinski definition) is 1. The summed E-state index contributed by atoms with van der Waals surface area (Å²) < 4.78 is 11.4. The van der Waals surface area contributed by atoms with E-state index >= 15 is 0 Å². The molecular weight excluding hydrogens is 380 g/mol. The van der Waals surface area contributed by atoms with Crippen LogP contribution in [-0.2, 0) is 0 Å². The SMILES string of the molecule is CC1(C)CC(=O)c2c(O)cc(OCC(=O)c3ccc(-c4ccccc4)cc3)cc2O1. The van der Waals surface area contributed by atoms with Gasteiger partial charge in [-0.25, -0.2) is 0 Å². The predicted octanol–water partition coefficient (Wildman–Crippen LogP) is 5.06. The third-order valence-electron chi connectivity index (χ3n) is 4.99. The molecule has 0 saturated carbocycles. The van der Waals surface area contributed by atoms with E-state index in [1.54, 1.807) is 32.0 Å². The number of phenols is 1. The molecule has 1 aliphatic heterocycles. The van der Waals surface area contributed by atoms with Crippen molar-refractivity contribution < 1.29 is 24.2 Å². The van der Waals surface area contributed by atoms with Crippen molar-refractivity contribution in [1.29, 1.82) is 0 Å². The van der Waals surface area contributed by atoms with E-state index in [1.807, 2.05) is 42.5 Å². The number of phenolic OH excluding ortho intramolecular Hbond substituents is 1. The lowest BCUT2D eigenvalue weighted by atomic mass is 9.92. The Balaban J connectivity index is 1.47. The molecule has 0 saturated heterocycles. The van der Waals surface area contributed by atoms with Gasteiger partial charge in [-0.3, -0.25) is 9.59 Å². The summed E-state index contributed by atoms with van der Waals surface area (Å²) in [4.78, 5) is 24.8. The predicted molar refractivity (Wildman–Crippen MR) is 113 cm³/mol. The van der Waals surface area contributed by atoms with Gasteiger partial charge in [0.25, 0.3) is 0 Å². The maximum atomic E-state index is 12.5. The minimum absolute atomic E-state index is 0.157. The van der Waals surface area contributed by atoms with Gasteiger partial charge in [-0.05, 0) is 25.0 Å². The molecule has 4 rings (SSSR count). The fourth-order valence-corrected chi connectivity index (χ4v) is 3.54. The number of fused-ring (bicyclic) bond motifs is 1. The van der Waals surface area contributed by atoms with Gasteiger partial charge in [0, 0.05) is 17.7 Å². The molecule has 0 amide bonds. The topological polar surface area (TPSA) is 72.8 Å². The van der Waals surface area contributed by atoms with Crippen LogP contribution in [0.25, 0.3) is 11.1 Å². The van der Waals surface area contributed by atoms with Gasteiger partial charge in [0.1, 0.15) is 28.4 Å². The molecule has 5 nitrogen and oxygen atoms in total. The summed E-state index contributed by atoms with van der Waals surface area (Å²) in [6, 6.07) is 20.1. The van der Waals surface area contributed by atoms with Crippen molar-refractivity contribution in [3.05, 3.63) is 77.9 Å². The van der Waals surface area contributed by atoms with Gasteiger partial charge in [0.05, 0.1) is 6.42 Å². The smallest absolute Gasteiger partial charge is 0.200 e. The summed E-state index contributed by atoms with van der Waals surface area (Å²) in [6.45, 7) is 3.42. The van der Waals surface area contributed by atoms with Gasteiger partial charge < -0.3 is 14.6 Å². The van der Waals surface area contributed by atoms with Gasteiger partial charge in [0.2, 0.25) is 0 Å². The van der Waals surface area contributed by atoms with E-state index in [1.165, 1.54) is 6.07 Å². The highest BCUT2D eigenvalue weighted by atomic mass is 16.5. The summed E-state index contributed by atoms with van der Waals surface area (Å²) in [7, 11) is 0. The molecule has 0 radical (unpaired) electrons. The number of rotatable bonds is 5. The molecule has 1 N–H and O–H groups in total. The Morgan fingerprint density at radius 3 is 2.40 bits per heavy atom. The van der Waals surface area contributed by atoms with Gasteiger partial charge in [-0.1, -0.05) is 54.6 Å². The largest absolute Gasteiger partial charge is 0.507 e. The van der Waals surface area contributed by atoms with Crippen LogP contribution >= 0.6 is 0 Å². The second kappa shape index (κ2) is 7.67. The zero-order valence-corrected chi connectivity index (χ0v) is 16.8. The second-order valence-electron chi connectivity index (χ2n) is 7.93. The molecule has 0 unspecified atom stereocenters. The molecule has 0 aromatic heterocycles. The molecule has 5 heteroatoms. The van der Waals surface area contributed by atoms with Crippen LogP contribution in [0.2, 0.25) is 0 Å². The minimum atomic E-state index is -0.661. The van der Waals surface area contributed by atoms with Crippen molar-refractivity contribution in [3.63, 3.8) is 0 Å². The van der Waals surface area contributed by atoms with Crippen molar-refractivity contribution in [2.24, 2.45) is 0 Å². The van der Waals surface area contributed by atoms with E-state index in [-0.39, 0.29) is 47.4 Å². The number of carbonyl (C=O) groups excluding carboxylic acids is 2. The summed E-state index contributed by atoms with van der Waals surface area (Å²) in [6.07, 6.45) is 0.186. The number of carbonyl (C=O) groups is 2. The fraction of sp³-hybridized carbons (Fsp3) is 0.200.